The molecule has 0 aliphatic carbocycles. The van der Waals surface area contributed by atoms with Gasteiger partial charge in [-0.1, -0.05) is 13.8 Å². The van der Waals surface area contributed by atoms with Crippen molar-refractivity contribution in [2.75, 3.05) is 31.7 Å². The summed E-state index contributed by atoms with van der Waals surface area (Å²) < 4.78 is 10.9. The topological polar surface area (TPSA) is 56.3 Å². The van der Waals surface area contributed by atoms with Crippen molar-refractivity contribution >= 4 is 5.82 Å². The molecule has 100 valence electrons. The van der Waals surface area contributed by atoms with Crippen molar-refractivity contribution < 1.29 is 9.47 Å². The van der Waals surface area contributed by atoms with Crippen LogP contribution in [0.5, 0.6) is 0 Å². The fraction of sp³-hybridized carbons (Fsp3) is 0.692. The van der Waals surface area contributed by atoms with E-state index in [9.17, 15) is 0 Å². The van der Waals surface area contributed by atoms with Gasteiger partial charge in [-0.25, -0.2) is 9.97 Å². The lowest BCUT2D eigenvalue weighted by atomic mass is 10.2. The van der Waals surface area contributed by atoms with Gasteiger partial charge in [0.2, 0.25) is 0 Å². The second kappa shape index (κ2) is 6.11. The molecule has 5 nitrogen and oxygen atoms in total. The number of aryl methyl sites for hydroxylation is 1. The Hall–Kier alpha value is -1.20. The van der Waals surface area contributed by atoms with Crippen LogP contribution in [0.3, 0.4) is 0 Å². The molecule has 0 amide bonds. The van der Waals surface area contributed by atoms with Gasteiger partial charge in [-0.15, -0.1) is 0 Å². The van der Waals surface area contributed by atoms with Gasteiger partial charge in [-0.2, -0.15) is 0 Å². The van der Waals surface area contributed by atoms with Crippen molar-refractivity contribution in [3.8, 4) is 0 Å². The van der Waals surface area contributed by atoms with E-state index >= 15 is 0 Å². The molecule has 1 atom stereocenters. The fourth-order valence-corrected chi connectivity index (χ4v) is 1.81. The first-order chi connectivity index (χ1) is 8.65. The summed E-state index contributed by atoms with van der Waals surface area (Å²) in [5.41, 5.74) is 0.983. The van der Waals surface area contributed by atoms with Gasteiger partial charge in [0.25, 0.3) is 0 Å². The maximum atomic E-state index is 5.58. The minimum absolute atomic E-state index is 0.108. The van der Waals surface area contributed by atoms with Crippen molar-refractivity contribution in [2.24, 2.45) is 0 Å². The normalized spacial score (nSPS) is 20.1. The molecule has 1 aliphatic heterocycles. The maximum Gasteiger partial charge on any atom is 0.133 e. The van der Waals surface area contributed by atoms with Gasteiger partial charge >= 0.3 is 0 Å². The first-order valence-electron chi connectivity index (χ1n) is 6.44. The van der Waals surface area contributed by atoms with Gasteiger partial charge in [0, 0.05) is 24.2 Å². The monoisotopic (exact) mass is 251 g/mol. The molecule has 1 aliphatic rings. The van der Waals surface area contributed by atoms with Crippen LogP contribution in [0, 0.1) is 6.92 Å². The standard InChI is InChI=1S/C13H21N3O2/c1-9(2)13-15-10(3)6-12(16-13)14-7-11-8-17-4-5-18-11/h6,9,11H,4-5,7-8H2,1-3H3,(H,14,15,16). The van der Waals surface area contributed by atoms with E-state index in [1.165, 1.54) is 0 Å². The lowest BCUT2D eigenvalue weighted by Crippen LogP contribution is -2.34. The zero-order valence-electron chi connectivity index (χ0n) is 11.3. The van der Waals surface area contributed by atoms with E-state index in [0.29, 0.717) is 32.3 Å². The summed E-state index contributed by atoms with van der Waals surface area (Å²) >= 11 is 0. The molecule has 1 aromatic rings. The highest BCUT2D eigenvalue weighted by molar-refractivity contribution is 5.36. The van der Waals surface area contributed by atoms with Gasteiger partial charge in [0.15, 0.2) is 0 Å². The summed E-state index contributed by atoms with van der Waals surface area (Å²) in [4.78, 5) is 8.92. The maximum absolute atomic E-state index is 5.58. The predicted octanol–water partition coefficient (Wildman–Crippen LogP) is 1.74. The summed E-state index contributed by atoms with van der Waals surface area (Å²) in [7, 11) is 0. The first kappa shape index (κ1) is 13.2. The van der Waals surface area contributed by atoms with Crippen LogP contribution in [0.25, 0.3) is 0 Å². The van der Waals surface area contributed by atoms with Crippen molar-refractivity contribution in [1.82, 2.24) is 9.97 Å². The average Bonchev–Trinajstić information content (AvgIpc) is 2.37. The number of hydrogen-bond donors (Lipinski definition) is 1. The Bertz CT molecular complexity index is 390. The molecule has 18 heavy (non-hydrogen) atoms. The molecule has 2 heterocycles. The third kappa shape index (κ3) is 3.65. The first-order valence-corrected chi connectivity index (χ1v) is 6.44. The Morgan fingerprint density at radius 1 is 1.39 bits per heavy atom. The third-order valence-corrected chi connectivity index (χ3v) is 2.78. The van der Waals surface area contributed by atoms with Crippen LogP contribution in [-0.4, -0.2) is 42.4 Å². The smallest absolute Gasteiger partial charge is 0.133 e. The van der Waals surface area contributed by atoms with Crippen LogP contribution >= 0.6 is 0 Å². The van der Waals surface area contributed by atoms with Crippen LogP contribution in [0.1, 0.15) is 31.3 Å². The molecular formula is C13H21N3O2. The van der Waals surface area contributed by atoms with Gasteiger partial charge < -0.3 is 14.8 Å². The van der Waals surface area contributed by atoms with Crippen LogP contribution < -0.4 is 5.32 Å². The number of anilines is 1. The molecule has 2 rings (SSSR count). The van der Waals surface area contributed by atoms with Crippen molar-refractivity contribution in [3.63, 3.8) is 0 Å². The predicted molar refractivity (Wildman–Crippen MR) is 69.9 cm³/mol. The molecule has 1 aromatic heterocycles. The van der Waals surface area contributed by atoms with Crippen molar-refractivity contribution in [1.29, 1.82) is 0 Å². The Morgan fingerprint density at radius 2 is 2.22 bits per heavy atom. The van der Waals surface area contributed by atoms with Crippen LogP contribution in [-0.2, 0) is 9.47 Å². The lowest BCUT2D eigenvalue weighted by Gasteiger charge is -2.23. The van der Waals surface area contributed by atoms with E-state index in [4.69, 9.17) is 9.47 Å². The Kier molecular flexibility index (Phi) is 4.49. The molecule has 0 radical (unpaired) electrons. The molecule has 0 aromatic carbocycles. The Morgan fingerprint density at radius 3 is 2.89 bits per heavy atom. The number of nitrogens with zero attached hydrogens (tertiary/aromatic N) is 2. The molecule has 1 saturated heterocycles. The zero-order valence-corrected chi connectivity index (χ0v) is 11.3. The molecule has 1 fully saturated rings. The minimum Gasteiger partial charge on any atom is -0.376 e. The number of hydrogen-bond acceptors (Lipinski definition) is 5. The van der Waals surface area contributed by atoms with Crippen LogP contribution in [0.2, 0.25) is 0 Å². The minimum atomic E-state index is 0.108. The lowest BCUT2D eigenvalue weighted by molar-refractivity contribution is -0.0819. The average molecular weight is 251 g/mol. The summed E-state index contributed by atoms with van der Waals surface area (Å²) in [6, 6.07) is 1.95. The second-order valence-corrected chi connectivity index (χ2v) is 4.86. The number of ether oxygens (including phenoxy) is 2. The summed E-state index contributed by atoms with van der Waals surface area (Å²) in [6.07, 6.45) is 0.108. The van der Waals surface area contributed by atoms with E-state index < -0.39 is 0 Å². The zero-order chi connectivity index (χ0) is 13.0. The SMILES string of the molecule is Cc1cc(NCC2COCCO2)nc(C(C)C)n1. The Labute approximate surface area is 108 Å². The summed E-state index contributed by atoms with van der Waals surface area (Å²) in [5.74, 6) is 2.07. The number of aromatic nitrogens is 2. The highest BCUT2D eigenvalue weighted by atomic mass is 16.6. The highest BCUT2D eigenvalue weighted by Gasteiger charge is 2.14. The summed E-state index contributed by atoms with van der Waals surface area (Å²) in [5, 5.41) is 3.29. The fourth-order valence-electron chi connectivity index (χ4n) is 1.81. The van der Waals surface area contributed by atoms with Gasteiger partial charge in [-0.3, -0.25) is 0 Å². The largest absolute Gasteiger partial charge is 0.376 e. The van der Waals surface area contributed by atoms with E-state index in [2.05, 4.69) is 29.1 Å². The molecule has 1 unspecified atom stereocenters. The highest BCUT2D eigenvalue weighted by Crippen LogP contribution is 2.14. The van der Waals surface area contributed by atoms with Crippen LogP contribution in [0.4, 0.5) is 5.82 Å². The van der Waals surface area contributed by atoms with E-state index in [1.807, 2.05) is 13.0 Å². The molecule has 0 spiro atoms. The van der Waals surface area contributed by atoms with E-state index in [1.54, 1.807) is 0 Å². The van der Waals surface area contributed by atoms with E-state index in [0.717, 1.165) is 17.3 Å². The third-order valence-electron chi connectivity index (χ3n) is 2.78. The summed E-state index contributed by atoms with van der Waals surface area (Å²) in [6.45, 7) is 8.90. The Balaban J connectivity index is 1.95. The van der Waals surface area contributed by atoms with E-state index in [-0.39, 0.29) is 6.10 Å². The van der Waals surface area contributed by atoms with Crippen molar-refractivity contribution in [2.45, 2.75) is 32.8 Å². The van der Waals surface area contributed by atoms with Gasteiger partial charge in [-0.05, 0) is 6.92 Å². The quantitative estimate of drug-likeness (QED) is 0.883. The number of nitrogens with one attached hydrogen (secondary N) is 1. The molecule has 0 saturated carbocycles. The van der Waals surface area contributed by atoms with Crippen molar-refractivity contribution in [3.05, 3.63) is 17.6 Å². The van der Waals surface area contributed by atoms with Gasteiger partial charge in [0.05, 0.1) is 25.9 Å². The molecular weight excluding hydrogens is 230 g/mol. The molecule has 1 N–H and O–H groups in total. The second-order valence-electron chi connectivity index (χ2n) is 4.86. The number of rotatable bonds is 4. The van der Waals surface area contributed by atoms with Gasteiger partial charge in [0.1, 0.15) is 11.6 Å². The molecule has 0 bridgehead atoms. The molecule has 5 heteroatoms. The van der Waals surface area contributed by atoms with Crippen LogP contribution in [0.15, 0.2) is 6.07 Å².